The van der Waals surface area contributed by atoms with Crippen LogP contribution in [0, 0.1) is 0 Å². The Hall–Kier alpha value is -1.77. The van der Waals surface area contributed by atoms with Crippen LogP contribution in [0.4, 0.5) is 0 Å². The number of hydrogen-bond acceptors (Lipinski definition) is 8. The number of para-hydroxylation sites is 2. The Labute approximate surface area is 269 Å². The van der Waals surface area contributed by atoms with Gasteiger partial charge in [0.05, 0.1) is 19.8 Å². The molecule has 0 saturated heterocycles. The average molecular weight is 649 g/mol. The van der Waals surface area contributed by atoms with Gasteiger partial charge in [-0.05, 0) is 61.2 Å². The molecule has 250 valence electrons. The highest BCUT2D eigenvalue weighted by atomic mass is 28.4. The summed E-state index contributed by atoms with van der Waals surface area (Å²) in [6.45, 7) is 22.5. The molecule has 0 aliphatic rings. The van der Waals surface area contributed by atoms with Crippen molar-refractivity contribution < 1.29 is 28.5 Å². The maximum absolute atomic E-state index is 11.1. The van der Waals surface area contributed by atoms with Crippen molar-refractivity contribution in [1.82, 2.24) is 10.6 Å². The van der Waals surface area contributed by atoms with Gasteiger partial charge < -0.3 is 39.2 Å². The Morgan fingerprint density at radius 2 is 1.41 bits per heavy atom. The van der Waals surface area contributed by atoms with E-state index < -0.39 is 16.6 Å². The van der Waals surface area contributed by atoms with Gasteiger partial charge in [-0.3, -0.25) is 0 Å². The van der Waals surface area contributed by atoms with E-state index in [4.69, 9.17) is 18.6 Å². The van der Waals surface area contributed by atoms with E-state index in [0.29, 0.717) is 32.9 Å². The number of hydrogen-bond donors (Lipinski definition) is 4. The van der Waals surface area contributed by atoms with Crippen molar-refractivity contribution in [2.24, 2.45) is 0 Å². The molecule has 2 atom stereocenters. The van der Waals surface area contributed by atoms with Crippen molar-refractivity contribution in [3.05, 3.63) is 59.7 Å². The Morgan fingerprint density at radius 1 is 0.818 bits per heavy atom. The van der Waals surface area contributed by atoms with Gasteiger partial charge in [0.15, 0.2) is 23.4 Å². The lowest BCUT2D eigenvalue weighted by molar-refractivity contribution is -0.00892. The Kier molecular flexibility index (Phi) is 15.0. The van der Waals surface area contributed by atoms with Crippen molar-refractivity contribution in [1.29, 1.82) is 0 Å². The number of phenols is 1. The van der Waals surface area contributed by atoms with E-state index in [9.17, 15) is 9.90 Å². The molecular weight excluding hydrogens is 589 g/mol. The summed E-state index contributed by atoms with van der Waals surface area (Å²) in [5.41, 5.74) is 1.88. The molecule has 0 aliphatic heterocycles. The van der Waals surface area contributed by atoms with Crippen LogP contribution in [0.25, 0.3) is 0 Å². The van der Waals surface area contributed by atoms with Crippen LogP contribution in [-0.4, -0.2) is 72.3 Å². The van der Waals surface area contributed by atoms with Gasteiger partial charge in [0.25, 0.3) is 0 Å². The molecule has 0 heterocycles. The van der Waals surface area contributed by atoms with E-state index in [2.05, 4.69) is 64.4 Å². The average Bonchev–Trinajstić information content (AvgIpc) is 2.93. The summed E-state index contributed by atoms with van der Waals surface area (Å²) < 4.78 is 23.4. The molecule has 0 aliphatic carbocycles. The van der Waals surface area contributed by atoms with Crippen molar-refractivity contribution in [3.8, 4) is 11.5 Å². The smallest absolute Gasteiger partial charge is 0.192 e. The summed E-state index contributed by atoms with van der Waals surface area (Å²) in [6.07, 6.45) is 1.70. The predicted octanol–water partition coefficient (Wildman–Crippen LogP) is 6.79. The van der Waals surface area contributed by atoms with Gasteiger partial charge in [0, 0.05) is 43.4 Å². The lowest BCUT2D eigenvalue weighted by atomic mass is 9.96. The zero-order chi connectivity index (χ0) is 33.0. The molecule has 2 aromatic carbocycles. The first-order valence-corrected chi connectivity index (χ1v) is 21.7. The summed E-state index contributed by atoms with van der Waals surface area (Å²) in [4.78, 5) is 11.1. The van der Waals surface area contributed by atoms with Crippen LogP contribution < -0.4 is 15.4 Å². The molecule has 44 heavy (non-hydrogen) atoms. The van der Waals surface area contributed by atoms with E-state index in [0.717, 1.165) is 29.7 Å². The third kappa shape index (κ3) is 12.2. The number of rotatable bonds is 20. The third-order valence-corrected chi connectivity index (χ3v) is 17.5. The fraction of sp³-hybridized carbons (Fsp3) is 0.647. The number of aromatic hydroxyl groups is 1. The van der Waals surface area contributed by atoms with E-state index in [-0.39, 0.29) is 34.7 Å². The van der Waals surface area contributed by atoms with E-state index in [1.54, 1.807) is 13.2 Å². The van der Waals surface area contributed by atoms with Crippen molar-refractivity contribution in [2.45, 2.75) is 109 Å². The first-order chi connectivity index (χ1) is 20.5. The topological polar surface area (TPSA) is 101 Å². The van der Waals surface area contributed by atoms with Gasteiger partial charge in [0.2, 0.25) is 0 Å². The fourth-order valence-corrected chi connectivity index (χ4v) is 6.12. The minimum Gasteiger partial charge on any atom is -0.508 e. The van der Waals surface area contributed by atoms with Crippen molar-refractivity contribution in [3.63, 3.8) is 0 Å². The van der Waals surface area contributed by atoms with E-state index in [1.165, 1.54) is 0 Å². The second-order valence-corrected chi connectivity index (χ2v) is 23.7. The Morgan fingerprint density at radius 3 is 2.02 bits per heavy atom. The highest BCUT2D eigenvalue weighted by Gasteiger charge is 2.40. The summed E-state index contributed by atoms with van der Waals surface area (Å²) >= 11 is 0. The van der Waals surface area contributed by atoms with Crippen LogP contribution in [0.5, 0.6) is 11.5 Å². The van der Waals surface area contributed by atoms with Crippen LogP contribution >= 0.6 is 0 Å². The fourth-order valence-electron chi connectivity index (χ4n) is 4.34. The molecule has 8 nitrogen and oxygen atoms in total. The van der Waals surface area contributed by atoms with Gasteiger partial charge in [-0.15, -0.1) is 0 Å². The molecule has 0 amide bonds. The molecule has 0 fully saturated rings. The van der Waals surface area contributed by atoms with Gasteiger partial charge in [0.1, 0.15) is 11.5 Å². The summed E-state index contributed by atoms with van der Waals surface area (Å²) in [7, 11) is -2.80. The highest BCUT2D eigenvalue weighted by Crippen LogP contribution is 2.41. The number of nitrogens with one attached hydrogen (secondary N) is 2. The van der Waals surface area contributed by atoms with Gasteiger partial charge in [-0.2, -0.15) is 0 Å². The Balaban J connectivity index is 2.34. The zero-order valence-electron chi connectivity index (χ0n) is 29.0. The zero-order valence-corrected chi connectivity index (χ0v) is 31.0. The first kappa shape index (κ1) is 38.4. The van der Waals surface area contributed by atoms with Crippen molar-refractivity contribution in [2.75, 3.05) is 33.7 Å². The van der Waals surface area contributed by atoms with Crippen LogP contribution in [0.15, 0.2) is 48.5 Å². The molecule has 2 rings (SSSR count). The Bertz CT molecular complexity index is 1120. The standard InChI is InChI=1S/C34H60N2O6Si2/c1-33(2,3)44(9,10)42-25-30(36-23-27-15-11-13-17-31(27)37)29(19-20-34(4,5)43(7,8)38)35-24-28-16-12-14-18-32(28)41-26-40-22-21-39-6/h11-18,29-30,35-38H,19-26H2,1-10H3/t29-,30-/m0/s1. The number of ether oxygens (including phenoxy) is 3. The molecule has 0 spiro atoms. The van der Waals surface area contributed by atoms with Crippen LogP contribution in [0.2, 0.25) is 36.3 Å². The largest absolute Gasteiger partial charge is 0.508 e. The SMILES string of the molecule is COCCOCOc1ccccc1CN[C@@H](CCC(C)(C)[Si](C)(C)O)[C@H](CO[Si](C)(C)C(C)(C)C)NCc1ccccc1O. The second kappa shape index (κ2) is 17.2. The summed E-state index contributed by atoms with van der Waals surface area (Å²) in [5.74, 6) is 1.05. The van der Waals surface area contributed by atoms with E-state index in [1.807, 2.05) is 49.5 Å². The molecule has 0 bridgehead atoms. The summed E-state index contributed by atoms with van der Waals surface area (Å²) in [6, 6.07) is 15.4. The van der Waals surface area contributed by atoms with Crippen LogP contribution in [0.1, 0.15) is 58.6 Å². The maximum Gasteiger partial charge on any atom is 0.192 e. The number of benzene rings is 2. The monoisotopic (exact) mass is 648 g/mol. The molecule has 0 saturated carbocycles. The highest BCUT2D eigenvalue weighted by molar-refractivity contribution is 6.74. The lowest BCUT2D eigenvalue weighted by Crippen LogP contribution is -2.53. The van der Waals surface area contributed by atoms with E-state index >= 15 is 0 Å². The lowest BCUT2D eigenvalue weighted by Gasteiger charge is -2.40. The molecular formula is C34H60N2O6Si2. The minimum atomic E-state index is -2.41. The summed E-state index contributed by atoms with van der Waals surface area (Å²) in [5, 5.41) is 18.0. The molecule has 4 N–H and O–H groups in total. The van der Waals surface area contributed by atoms with Gasteiger partial charge >= 0.3 is 0 Å². The molecule has 0 unspecified atom stereocenters. The minimum absolute atomic E-state index is 0.0206. The second-order valence-electron chi connectivity index (χ2n) is 14.4. The molecule has 0 aromatic heterocycles. The van der Waals surface area contributed by atoms with Gasteiger partial charge in [-0.1, -0.05) is 71.0 Å². The number of methoxy groups -OCH3 is 1. The first-order valence-electron chi connectivity index (χ1n) is 15.9. The maximum atomic E-state index is 11.1. The predicted molar refractivity (Wildman–Crippen MR) is 185 cm³/mol. The van der Waals surface area contributed by atoms with Crippen LogP contribution in [-0.2, 0) is 27.0 Å². The number of phenolic OH excluding ortho intramolecular Hbond substituents is 1. The molecule has 2 aromatic rings. The van der Waals surface area contributed by atoms with Gasteiger partial charge in [-0.25, -0.2) is 0 Å². The van der Waals surface area contributed by atoms with Crippen LogP contribution in [0.3, 0.4) is 0 Å². The van der Waals surface area contributed by atoms with Crippen molar-refractivity contribution >= 4 is 16.6 Å². The normalized spacial score (nSPS) is 14.4. The molecule has 10 heteroatoms. The molecule has 0 radical (unpaired) electrons. The quantitative estimate of drug-likeness (QED) is 0.0708. The third-order valence-electron chi connectivity index (χ3n) is 9.46.